The third kappa shape index (κ3) is 5.60. The molecule has 2 rings (SSSR count). The summed E-state index contributed by atoms with van der Waals surface area (Å²) in [6, 6.07) is 9.94. The summed E-state index contributed by atoms with van der Waals surface area (Å²) in [6.45, 7) is 10.6. The minimum absolute atomic E-state index is 0.409. The van der Waals surface area contributed by atoms with Crippen LogP contribution in [0.4, 0.5) is 4.79 Å². The van der Waals surface area contributed by atoms with Crippen molar-refractivity contribution in [3.63, 3.8) is 0 Å². The normalized spacial score (nSPS) is 12.4. The fourth-order valence-electron chi connectivity index (χ4n) is 2.25. The van der Waals surface area contributed by atoms with Gasteiger partial charge in [-0.2, -0.15) is 0 Å². The quantitative estimate of drug-likeness (QED) is 0.879. The van der Waals surface area contributed by atoms with Crippen LogP contribution in [0.2, 0.25) is 0 Å². The number of amides is 1. The van der Waals surface area contributed by atoms with E-state index in [9.17, 15) is 4.79 Å². The number of hydrogen-bond acceptors (Lipinski definition) is 4. The molecule has 2 aromatic rings. The molecule has 2 N–H and O–H groups in total. The maximum atomic E-state index is 11.8. The fourth-order valence-corrected chi connectivity index (χ4v) is 2.25. The van der Waals surface area contributed by atoms with Crippen molar-refractivity contribution in [3.8, 4) is 0 Å². The van der Waals surface area contributed by atoms with Gasteiger partial charge in [0.25, 0.3) is 0 Å². The number of furan rings is 1. The summed E-state index contributed by atoms with van der Waals surface area (Å²) < 4.78 is 11.0. The fraction of sp³-hybridized carbons (Fsp3) is 0.500. The van der Waals surface area contributed by atoms with E-state index >= 15 is 0 Å². The molecule has 0 spiro atoms. The number of nitrogens with one attached hydrogen (secondary N) is 2. The van der Waals surface area contributed by atoms with Crippen molar-refractivity contribution in [2.75, 3.05) is 6.54 Å². The Bertz CT molecular complexity index is 635. The molecule has 0 aliphatic rings. The van der Waals surface area contributed by atoms with E-state index < -0.39 is 17.2 Å². The highest BCUT2D eigenvalue weighted by molar-refractivity contribution is 5.77. The van der Waals surface area contributed by atoms with E-state index in [1.54, 1.807) is 0 Å². The highest BCUT2D eigenvalue weighted by atomic mass is 16.6. The lowest BCUT2D eigenvalue weighted by atomic mass is 10.1. The van der Waals surface area contributed by atoms with Crippen molar-refractivity contribution in [1.29, 1.82) is 0 Å². The van der Waals surface area contributed by atoms with E-state index in [1.807, 2.05) is 65.0 Å². The first kappa shape index (κ1) is 17.3. The zero-order valence-corrected chi connectivity index (χ0v) is 14.5. The molecule has 0 bridgehead atoms. The second-order valence-corrected chi connectivity index (χ2v) is 7.36. The van der Waals surface area contributed by atoms with E-state index in [4.69, 9.17) is 9.15 Å². The van der Waals surface area contributed by atoms with Crippen LogP contribution in [-0.4, -0.2) is 23.8 Å². The van der Waals surface area contributed by atoms with Crippen molar-refractivity contribution in [1.82, 2.24) is 10.6 Å². The van der Waals surface area contributed by atoms with Crippen molar-refractivity contribution < 1.29 is 13.9 Å². The molecule has 1 aromatic carbocycles. The number of carbonyl (C=O) groups is 1. The minimum atomic E-state index is -0.498. The Morgan fingerprint density at radius 3 is 2.52 bits per heavy atom. The van der Waals surface area contributed by atoms with Crippen LogP contribution in [0.5, 0.6) is 0 Å². The first-order valence-electron chi connectivity index (χ1n) is 7.84. The Labute approximate surface area is 137 Å². The van der Waals surface area contributed by atoms with Gasteiger partial charge >= 0.3 is 6.09 Å². The molecule has 1 amide bonds. The molecule has 126 valence electrons. The van der Waals surface area contributed by atoms with Crippen LogP contribution >= 0.6 is 0 Å². The highest BCUT2D eigenvalue weighted by Gasteiger charge is 2.24. The lowest BCUT2D eigenvalue weighted by Gasteiger charge is -2.28. The van der Waals surface area contributed by atoms with E-state index in [0.717, 1.165) is 16.7 Å². The van der Waals surface area contributed by atoms with Crippen LogP contribution in [0.1, 0.15) is 40.4 Å². The number of fused-ring (bicyclic) bond motifs is 1. The van der Waals surface area contributed by atoms with Crippen LogP contribution in [0, 0.1) is 0 Å². The standard InChI is InChI=1S/C18H26N2O3/c1-17(2,3)23-16(21)20-18(4,5)12-19-11-14-10-13-8-6-7-9-15(13)22-14/h6-10,19H,11-12H2,1-5H3,(H,20,21). The van der Waals surface area contributed by atoms with Gasteiger partial charge in [0.1, 0.15) is 16.9 Å². The minimum Gasteiger partial charge on any atom is -0.460 e. The number of alkyl carbamates (subject to hydrolysis) is 1. The third-order valence-electron chi connectivity index (χ3n) is 3.18. The summed E-state index contributed by atoms with van der Waals surface area (Å²) in [5.41, 5.74) is -0.0358. The summed E-state index contributed by atoms with van der Waals surface area (Å²) in [4.78, 5) is 11.8. The molecule has 1 aromatic heterocycles. The smallest absolute Gasteiger partial charge is 0.408 e. The number of ether oxygens (including phenoxy) is 1. The monoisotopic (exact) mass is 318 g/mol. The number of para-hydroxylation sites is 1. The van der Waals surface area contributed by atoms with E-state index in [2.05, 4.69) is 10.6 Å². The molecular formula is C18H26N2O3. The Morgan fingerprint density at radius 1 is 1.17 bits per heavy atom. The maximum Gasteiger partial charge on any atom is 0.408 e. The Hall–Kier alpha value is -2.01. The molecule has 0 radical (unpaired) electrons. The van der Waals surface area contributed by atoms with E-state index in [1.165, 1.54) is 0 Å². The Morgan fingerprint density at radius 2 is 1.87 bits per heavy atom. The Balaban J connectivity index is 1.83. The SMILES string of the molecule is CC(C)(CNCc1cc2ccccc2o1)NC(=O)OC(C)(C)C. The van der Waals surface area contributed by atoms with Gasteiger partial charge < -0.3 is 19.8 Å². The number of benzene rings is 1. The molecule has 1 heterocycles. The third-order valence-corrected chi connectivity index (χ3v) is 3.18. The van der Waals surface area contributed by atoms with Crippen LogP contribution in [0.25, 0.3) is 11.0 Å². The van der Waals surface area contributed by atoms with Gasteiger partial charge in [0.05, 0.1) is 12.1 Å². The molecule has 0 atom stereocenters. The summed E-state index contributed by atoms with van der Waals surface area (Å²) in [7, 11) is 0. The van der Waals surface area contributed by atoms with Crippen molar-refractivity contribution in [2.45, 2.75) is 52.3 Å². The van der Waals surface area contributed by atoms with Gasteiger partial charge in [0.15, 0.2) is 0 Å². The first-order chi connectivity index (χ1) is 10.6. The molecule has 0 saturated carbocycles. The van der Waals surface area contributed by atoms with Gasteiger partial charge in [-0.15, -0.1) is 0 Å². The highest BCUT2D eigenvalue weighted by Crippen LogP contribution is 2.18. The van der Waals surface area contributed by atoms with Crippen LogP contribution in [0.3, 0.4) is 0 Å². The van der Waals surface area contributed by atoms with Crippen LogP contribution in [0.15, 0.2) is 34.7 Å². The molecule has 5 nitrogen and oxygen atoms in total. The molecule has 5 heteroatoms. The van der Waals surface area contributed by atoms with Crippen molar-refractivity contribution >= 4 is 17.1 Å². The van der Waals surface area contributed by atoms with Gasteiger partial charge in [0, 0.05) is 11.9 Å². The summed E-state index contributed by atoms with van der Waals surface area (Å²) in [5.74, 6) is 0.874. The summed E-state index contributed by atoms with van der Waals surface area (Å²) >= 11 is 0. The summed E-state index contributed by atoms with van der Waals surface area (Å²) in [6.07, 6.45) is -0.409. The second-order valence-electron chi connectivity index (χ2n) is 7.36. The van der Waals surface area contributed by atoms with E-state index in [0.29, 0.717) is 13.1 Å². The zero-order valence-electron chi connectivity index (χ0n) is 14.5. The van der Waals surface area contributed by atoms with Crippen LogP contribution < -0.4 is 10.6 Å². The van der Waals surface area contributed by atoms with Gasteiger partial charge in [-0.05, 0) is 46.8 Å². The lowest BCUT2D eigenvalue weighted by Crippen LogP contribution is -2.51. The van der Waals surface area contributed by atoms with Gasteiger partial charge in [-0.1, -0.05) is 18.2 Å². The lowest BCUT2D eigenvalue weighted by molar-refractivity contribution is 0.0472. The maximum absolute atomic E-state index is 11.8. The average Bonchev–Trinajstić information content (AvgIpc) is 2.77. The Kier molecular flexibility index (Phi) is 5.00. The van der Waals surface area contributed by atoms with Crippen molar-refractivity contribution in [3.05, 3.63) is 36.1 Å². The predicted octanol–water partition coefficient (Wildman–Crippen LogP) is 3.83. The average molecular weight is 318 g/mol. The molecule has 0 unspecified atom stereocenters. The predicted molar refractivity (Wildman–Crippen MR) is 91.4 cm³/mol. The van der Waals surface area contributed by atoms with Crippen molar-refractivity contribution in [2.24, 2.45) is 0 Å². The molecule has 0 aliphatic heterocycles. The van der Waals surface area contributed by atoms with Crippen LogP contribution in [-0.2, 0) is 11.3 Å². The second kappa shape index (κ2) is 6.62. The molecule has 0 saturated heterocycles. The van der Waals surface area contributed by atoms with E-state index in [-0.39, 0.29) is 0 Å². The number of hydrogen-bond donors (Lipinski definition) is 2. The van der Waals surface area contributed by atoms with Gasteiger partial charge in [-0.25, -0.2) is 4.79 Å². The van der Waals surface area contributed by atoms with Gasteiger partial charge in [0.2, 0.25) is 0 Å². The summed E-state index contributed by atoms with van der Waals surface area (Å²) in [5, 5.41) is 7.27. The molecular weight excluding hydrogens is 292 g/mol. The number of rotatable bonds is 5. The van der Waals surface area contributed by atoms with Gasteiger partial charge in [-0.3, -0.25) is 0 Å². The molecule has 0 fully saturated rings. The topological polar surface area (TPSA) is 63.5 Å². The number of carbonyl (C=O) groups excluding carboxylic acids is 1. The first-order valence-corrected chi connectivity index (χ1v) is 7.84. The zero-order chi connectivity index (χ0) is 17.1. The molecule has 23 heavy (non-hydrogen) atoms. The largest absolute Gasteiger partial charge is 0.460 e. The molecule has 0 aliphatic carbocycles.